The molecule has 15 heavy (non-hydrogen) atoms. The van der Waals surface area contributed by atoms with Gasteiger partial charge in [-0.1, -0.05) is 19.9 Å². The van der Waals surface area contributed by atoms with Crippen molar-refractivity contribution in [3.63, 3.8) is 0 Å². The average molecular weight is 202 g/mol. The van der Waals surface area contributed by atoms with Crippen LogP contribution in [0, 0.1) is 5.92 Å². The number of hydrogen-bond acceptors (Lipinski definition) is 2. The highest BCUT2D eigenvalue weighted by molar-refractivity contribution is 5.85. The predicted octanol–water partition coefficient (Wildman–Crippen LogP) is 3.44. The van der Waals surface area contributed by atoms with Crippen LogP contribution >= 0.6 is 0 Å². The van der Waals surface area contributed by atoms with Crippen molar-refractivity contribution in [3.05, 3.63) is 35.6 Å². The van der Waals surface area contributed by atoms with E-state index in [0.29, 0.717) is 11.7 Å². The lowest BCUT2D eigenvalue weighted by molar-refractivity contribution is 0.110. The van der Waals surface area contributed by atoms with E-state index in [9.17, 15) is 4.79 Å². The Morgan fingerprint density at radius 3 is 2.80 bits per heavy atom. The summed E-state index contributed by atoms with van der Waals surface area (Å²) in [5.74, 6) is 1.03. The predicted molar refractivity (Wildman–Crippen MR) is 60.1 cm³/mol. The fourth-order valence-electron chi connectivity index (χ4n) is 1.77. The van der Waals surface area contributed by atoms with Gasteiger partial charge >= 0.3 is 0 Å². The summed E-state index contributed by atoms with van der Waals surface area (Å²) in [6, 6.07) is 7.86. The first-order chi connectivity index (χ1) is 7.19. The topological polar surface area (TPSA) is 30.2 Å². The first-order valence-electron chi connectivity index (χ1n) is 5.16. The lowest BCUT2D eigenvalue weighted by Gasteiger charge is -2.03. The highest BCUT2D eigenvalue weighted by Gasteiger charge is 2.04. The van der Waals surface area contributed by atoms with Gasteiger partial charge in [-0.25, -0.2) is 0 Å². The summed E-state index contributed by atoms with van der Waals surface area (Å²) in [4.78, 5) is 10.5. The van der Waals surface area contributed by atoms with Crippen molar-refractivity contribution in [2.45, 2.75) is 20.3 Å². The maximum Gasteiger partial charge on any atom is 0.185 e. The molecule has 0 saturated heterocycles. The molecule has 2 heteroatoms. The summed E-state index contributed by atoms with van der Waals surface area (Å²) >= 11 is 0. The minimum absolute atomic E-state index is 0.395. The quantitative estimate of drug-likeness (QED) is 0.713. The molecule has 0 radical (unpaired) electrons. The van der Waals surface area contributed by atoms with Crippen molar-refractivity contribution >= 4 is 17.3 Å². The maximum atomic E-state index is 10.5. The maximum absolute atomic E-state index is 10.5. The van der Waals surface area contributed by atoms with Gasteiger partial charge in [0, 0.05) is 5.39 Å². The zero-order valence-electron chi connectivity index (χ0n) is 8.99. The Labute approximate surface area is 88.9 Å². The molecule has 1 heterocycles. The molecule has 0 bridgehead atoms. The summed E-state index contributed by atoms with van der Waals surface area (Å²) in [5.41, 5.74) is 2.07. The van der Waals surface area contributed by atoms with E-state index in [1.807, 2.05) is 6.07 Å². The van der Waals surface area contributed by atoms with Gasteiger partial charge in [-0.15, -0.1) is 0 Å². The van der Waals surface area contributed by atoms with E-state index >= 15 is 0 Å². The van der Waals surface area contributed by atoms with Crippen molar-refractivity contribution in [2.24, 2.45) is 5.92 Å². The Kier molecular flexibility index (Phi) is 2.58. The fourth-order valence-corrected chi connectivity index (χ4v) is 1.77. The number of fused-ring (bicyclic) bond motifs is 1. The van der Waals surface area contributed by atoms with Crippen LogP contribution in [0.1, 0.15) is 30.0 Å². The Morgan fingerprint density at radius 2 is 2.13 bits per heavy atom. The molecule has 2 aromatic rings. The molecule has 0 saturated carbocycles. The van der Waals surface area contributed by atoms with Crippen molar-refractivity contribution in [2.75, 3.05) is 0 Å². The normalized spacial score (nSPS) is 11.1. The smallest absolute Gasteiger partial charge is 0.185 e. The number of carbonyl (C=O) groups is 1. The second kappa shape index (κ2) is 3.89. The molecule has 1 aromatic heterocycles. The number of carbonyl (C=O) groups excluding carboxylic acids is 1. The van der Waals surface area contributed by atoms with E-state index in [2.05, 4.69) is 26.0 Å². The molecule has 0 aliphatic rings. The highest BCUT2D eigenvalue weighted by atomic mass is 16.3. The molecular formula is C13H14O2. The first kappa shape index (κ1) is 9.97. The van der Waals surface area contributed by atoms with Crippen LogP contribution in [0.3, 0.4) is 0 Å². The van der Waals surface area contributed by atoms with Crippen LogP contribution in [0.15, 0.2) is 28.7 Å². The average Bonchev–Trinajstić information content (AvgIpc) is 2.58. The van der Waals surface area contributed by atoms with Crippen molar-refractivity contribution in [1.82, 2.24) is 0 Å². The first-order valence-corrected chi connectivity index (χ1v) is 5.16. The standard InChI is InChI=1S/C13H14O2/c1-9(2)5-10-3-4-13-11(6-10)7-12(8-14)15-13/h3-4,6-9H,5H2,1-2H3. The second-order valence-corrected chi connectivity index (χ2v) is 4.24. The molecule has 0 fully saturated rings. The van der Waals surface area contributed by atoms with Gasteiger partial charge in [0.1, 0.15) is 5.58 Å². The SMILES string of the molecule is CC(C)Cc1ccc2oc(C=O)cc2c1. The lowest BCUT2D eigenvalue weighted by atomic mass is 10.0. The van der Waals surface area contributed by atoms with Crippen LogP contribution in [-0.2, 0) is 6.42 Å². The van der Waals surface area contributed by atoms with Crippen molar-refractivity contribution in [1.29, 1.82) is 0 Å². The Bertz CT molecular complexity index is 480. The van der Waals surface area contributed by atoms with Crippen molar-refractivity contribution < 1.29 is 9.21 Å². The second-order valence-electron chi connectivity index (χ2n) is 4.24. The van der Waals surface area contributed by atoms with E-state index in [0.717, 1.165) is 23.7 Å². The van der Waals surface area contributed by atoms with Gasteiger partial charge in [0.2, 0.25) is 0 Å². The molecule has 0 N–H and O–H groups in total. The molecule has 2 nitrogen and oxygen atoms in total. The Balaban J connectivity index is 2.41. The van der Waals surface area contributed by atoms with Crippen LogP contribution < -0.4 is 0 Å². The van der Waals surface area contributed by atoms with E-state index in [1.165, 1.54) is 5.56 Å². The molecule has 78 valence electrons. The third-order valence-electron chi connectivity index (χ3n) is 2.36. The largest absolute Gasteiger partial charge is 0.453 e. The molecule has 0 amide bonds. The van der Waals surface area contributed by atoms with Gasteiger partial charge in [-0.3, -0.25) is 4.79 Å². The lowest BCUT2D eigenvalue weighted by Crippen LogP contribution is -1.92. The summed E-state index contributed by atoms with van der Waals surface area (Å²) in [5, 5.41) is 1.01. The molecular weight excluding hydrogens is 188 g/mol. The van der Waals surface area contributed by atoms with Crippen LogP contribution in [0.4, 0.5) is 0 Å². The molecule has 1 aromatic carbocycles. The molecule has 0 aliphatic carbocycles. The summed E-state index contributed by atoms with van der Waals surface area (Å²) in [7, 11) is 0. The van der Waals surface area contributed by atoms with Crippen LogP contribution in [0.5, 0.6) is 0 Å². The van der Waals surface area contributed by atoms with Gasteiger partial charge in [0.15, 0.2) is 12.0 Å². The van der Waals surface area contributed by atoms with Crippen LogP contribution in [-0.4, -0.2) is 6.29 Å². The monoisotopic (exact) mass is 202 g/mol. The third-order valence-corrected chi connectivity index (χ3v) is 2.36. The minimum Gasteiger partial charge on any atom is -0.453 e. The number of rotatable bonds is 3. The Morgan fingerprint density at radius 1 is 1.33 bits per heavy atom. The van der Waals surface area contributed by atoms with E-state index in [4.69, 9.17) is 4.42 Å². The third kappa shape index (κ3) is 2.09. The van der Waals surface area contributed by atoms with E-state index < -0.39 is 0 Å². The number of benzene rings is 1. The molecule has 0 aliphatic heterocycles. The highest BCUT2D eigenvalue weighted by Crippen LogP contribution is 2.21. The Hall–Kier alpha value is -1.57. The molecule has 2 rings (SSSR count). The van der Waals surface area contributed by atoms with Crippen LogP contribution in [0.25, 0.3) is 11.0 Å². The fraction of sp³-hybridized carbons (Fsp3) is 0.308. The molecule has 0 spiro atoms. The summed E-state index contributed by atoms with van der Waals surface area (Å²) in [6.07, 6.45) is 1.79. The van der Waals surface area contributed by atoms with Gasteiger partial charge < -0.3 is 4.42 Å². The van der Waals surface area contributed by atoms with E-state index in [1.54, 1.807) is 6.07 Å². The number of furan rings is 1. The van der Waals surface area contributed by atoms with Gasteiger partial charge in [0.25, 0.3) is 0 Å². The summed E-state index contributed by atoms with van der Waals surface area (Å²) in [6.45, 7) is 4.38. The van der Waals surface area contributed by atoms with Gasteiger partial charge in [-0.05, 0) is 36.1 Å². The van der Waals surface area contributed by atoms with E-state index in [-0.39, 0.29) is 0 Å². The minimum atomic E-state index is 0.395. The van der Waals surface area contributed by atoms with Crippen LogP contribution in [0.2, 0.25) is 0 Å². The zero-order chi connectivity index (χ0) is 10.8. The zero-order valence-corrected chi connectivity index (χ0v) is 8.99. The summed E-state index contributed by atoms with van der Waals surface area (Å²) < 4.78 is 5.31. The van der Waals surface area contributed by atoms with Crippen molar-refractivity contribution in [3.8, 4) is 0 Å². The number of aldehydes is 1. The molecule has 0 unspecified atom stereocenters. The number of hydrogen-bond donors (Lipinski definition) is 0. The van der Waals surface area contributed by atoms with Gasteiger partial charge in [0.05, 0.1) is 0 Å². The molecule has 0 atom stereocenters. The van der Waals surface area contributed by atoms with Gasteiger partial charge in [-0.2, -0.15) is 0 Å².